The Hall–Kier alpha value is -1.51. The minimum atomic E-state index is -0.0843. The Morgan fingerprint density at radius 2 is 2.36 bits per heavy atom. The van der Waals surface area contributed by atoms with Gasteiger partial charge in [-0.2, -0.15) is 0 Å². The van der Waals surface area contributed by atoms with Crippen molar-refractivity contribution in [3.05, 3.63) is 29.8 Å². The highest BCUT2D eigenvalue weighted by atomic mass is 16.5. The van der Waals surface area contributed by atoms with Crippen LogP contribution in [0.4, 0.5) is 5.69 Å². The number of hydrogen-bond acceptors (Lipinski definition) is 3. The molecule has 0 aromatic heterocycles. The van der Waals surface area contributed by atoms with E-state index in [2.05, 4.69) is 0 Å². The summed E-state index contributed by atoms with van der Waals surface area (Å²) in [5, 5.41) is 0. The topological polar surface area (TPSA) is 52.3 Å². The highest BCUT2D eigenvalue weighted by molar-refractivity contribution is 5.71. The summed E-state index contributed by atoms with van der Waals surface area (Å²) in [4.78, 5) is 10.9. The van der Waals surface area contributed by atoms with Crippen LogP contribution >= 0.6 is 0 Å². The molecule has 1 aliphatic rings. The fraction of sp³-hybridized carbons (Fsp3) is 0.364. The van der Waals surface area contributed by atoms with Gasteiger partial charge >= 0.3 is 5.97 Å². The lowest BCUT2D eigenvalue weighted by Gasteiger charge is -2.06. The van der Waals surface area contributed by atoms with Crippen molar-refractivity contribution < 1.29 is 9.53 Å². The second-order valence-electron chi connectivity index (χ2n) is 3.70. The van der Waals surface area contributed by atoms with Gasteiger partial charge in [0.25, 0.3) is 0 Å². The van der Waals surface area contributed by atoms with Crippen LogP contribution in [-0.4, -0.2) is 12.6 Å². The van der Waals surface area contributed by atoms with Gasteiger partial charge in [-0.25, -0.2) is 0 Å². The van der Waals surface area contributed by atoms with Gasteiger partial charge in [-0.1, -0.05) is 12.1 Å². The van der Waals surface area contributed by atoms with Gasteiger partial charge in [0, 0.05) is 11.6 Å². The summed E-state index contributed by atoms with van der Waals surface area (Å²) >= 11 is 0. The van der Waals surface area contributed by atoms with E-state index in [0.717, 1.165) is 12.1 Å². The van der Waals surface area contributed by atoms with Crippen molar-refractivity contribution in [1.29, 1.82) is 0 Å². The second kappa shape index (κ2) is 3.70. The SMILES string of the molecule is Nc1cccc(CC2COC(=O)C2)c1. The lowest BCUT2D eigenvalue weighted by atomic mass is 9.98. The summed E-state index contributed by atoms with van der Waals surface area (Å²) in [6.07, 6.45) is 1.41. The van der Waals surface area contributed by atoms with E-state index in [-0.39, 0.29) is 5.97 Å². The van der Waals surface area contributed by atoms with Crippen molar-refractivity contribution in [3.8, 4) is 0 Å². The molecule has 1 saturated heterocycles. The third-order valence-corrected chi connectivity index (χ3v) is 2.41. The first-order valence-corrected chi connectivity index (χ1v) is 4.74. The molecule has 1 atom stereocenters. The van der Waals surface area contributed by atoms with E-state index in [4.69, 9.17) is 10.5 Å². The van der Waals surface area contributed by atoms with Crippen molar-refractivity contribution in [3.63, 3.8) is 0 Å². The maximum atomic E-state index is 10.9. The van der Waals surface area contributed by atoms with Crippen molar-refractivity contribution in [2.24, 2.45) is 5.92 Å². The molecule has 1 aromatic carbocycles. The van der Waals surface area contributed by atoms with Crippen LogP contribution in [0.5, 0.6) is 0 Å². The summed E-state index contributed by atoms with van der Waals surface area (Å²) in [6, 6.07) is 7.77. The Morgan fingerprint density at radius 3 is 3.00 bits per heavy atom. The molecule has 1 aliphatic heterocycles. The van der Waals surface area contributed by atoms with E-state index in [9.17, 15) is 4.79 Å². The highest BCUT2D eigenvalue weighted by Gasteiger charge is 2.23. The molecule has 0 spiro atoms. The molecule has 0 saturated carbocycles. The molecule has 74 valence electrons. The monoisotopic (exact) mass is 191 g/mol. The predicted octanol–water partition coefficient (Wildman–Crippen LogP) is 1.37. The molecule has 0 amide bonds. The lowest BCUT2D eigenvalue weighted by molar-refractivity contribution is -0.137. The van der Waals surface area contributed by atoms with E-state index in [1.807, 2.05) is 24.3 Å². The molecule has 2 N–H and O–H groups in total. The Kier molecular flexibility index (Phi) is 2.39. The number of ether oxygens (including phenoxy) is 1. The summed E-state index contributed by atoms with van der Waals surface area (Å²) in [6.45, 7) is 0.549. The molecule has 0 aliphatic carbocycles. The van der Waals surface area contributed by atoms with Crippen molar-refractivity contribution in [2.75, 3.05) is 12.3 Å². The molecule has 3 heteroatoms. The van der Waals surface area contributed by atoms with Gasteiger partial charge in [-0.15, -0.1) is 0 Å². The maximum absolute atomic E-state index is 10.9. The summed E-state index contributed by atoms with van der Waals surface area (Å²) in [5.41, 5.74) is 7.61. The fourth-order valence-electron chi connectivity index (χ4n) is 1.75. The van der Waals surface area contributed by atoms with Crippen LogP contribution in [0.25, 0.3) is 0 Å². The van der Waals surface area contributed by atoms with Gasteiger partial charge in [0.2, 0.25) is 0 Å². The smallest absolute Gasteiger partial charge is 0.306 e. The number of cyclic esters (lactones) is 1. The maximum Gasteiger partial charge on any atom is 0.306 e. The van der Waals surface area contributed by atoms with Crippen LogP contribution in [0.1, 0.15) is 12.0 Å². The summed E-state index contributed by atoms with van der Waals surface area (Å²) in [7, 11) is 0. The molecule has 1 heterocycles. The largest absolute Gasteiger partial charge is 0.465 e. The molecule has 0 bridgehead atoms. The Bertz CT molecular complexity index is 349. The minimum absolute atomic E-state index is 0.0843. The molecule has 3 nitrogen and oxygen atoms in total. The summed E-state index contributed by atoms with van der Waals surface area (Å²) in [5.74, 6) is 0.239. The van der Waals surface area contributed by atoms with Crippen LogP contribution in [0.2, 0.25) is 0 Å². The third-order valence-electron chi connectivity index (χ3n) is 2.41. The van der Waals surface area contributed by atoms with E-state index in [1.165, 1.54) is 5.56 Å². The zero-order chi connectivity index (χ0) is 9.97. The number of benzene rings is 1. The number of anilines is 1. The van der Waals surface area contributed by atoms with Crippen LogP contribution in [0, 0.1) is 5.92 Å². The van der Waals surface area contributed by atoms with Gasteiger partial charge in [-0.05, 0) is 24.1 Å². The number of rotatable bonds is 2. The van der Waals surface area contributed by atoms with Crippen molar-refractivity contribution in [1.82, 2.24) is 0 Å². The first kappa shape index (κ1) is 9.06. The van der Waals surface area contributed by atoms with Crippen LogP contribution < -0.4 is 5.73 Å². The Morgan fingerprint density at radius 1 is 1.50 bits per heavy atom. The number of carbonyl (C=O) groups excluding carboxylic acids is 1. The number of nitrogens with two attached hydrogens (primary N) is 1. The molecular weight excluding hydrogens is 178 g/mol. The highest BCUT2D eigenvalue weighted by Crippen LogP contribution is 2.20. The normalized spacial score (nSPS) is 20.9. The molecular formula is C11H13NO2. The van der Waals surface area contributed by atoms with Gasteiger partial charge < -0.3 is 10.5 Å². The van der Waals surface area contributed by atoms with Gasteiger partial charge in [0.1, 0.15) is 0 Å². The van der Waals surface area contributed by atoms with E-state index in [0.29, 0.717) is 18.9 Å². The predicted molar refractivity (Wildman–Crippen MR) is 53.6 cm³/mol. The first-order valence-electron chi connectivity index (χ1n) is 4.74. The lowest BCUT2D eigenvalue weighted by Crippen LogP contribution is -2.03. The number of hydrogen-bond donors (Lipinski definition) is 1. The van der Waals surface area contributed by atoms with Crippen LogP contribution in [-0.2, 0) is 16.0 Å². The third kappa shape index (κ3) is 2.05. The molecule has 1 unspecified atom stereocenters. The van der Waals surface area contributed by atoms with Gasteiger partial charge in [0.15, 0.2) is 0 Å². The first-order chi connectivity index (χ1) is 6.74. The van der Waals surface area contributed by atoms with Gasteiger partial charge in [0.05, 0.1) is 13.0 Å². The molecule has 1 aromatic rings. The average molecular weight is 191 g/mol. The number of carbonyl (C=O) groups is 1. The Balaban J connectivity index is 2.00. The standard InChI is InChI=1S/C11H13NO2/c12-10-3-1-2-8(5-10)4-9-6-11(13)14-7-9/h1-3,5,9H,4,6-7,12H2. The Labute approximate surface area is 82.9 Å². The molecule has 1 fully saturated rings. The second-order valence-corrected chi connectivity index (χ2v) is 3.70. The van der Waals surface area contributed by atoms with E-state index < -0.39 is 0 Å². The van der Waals surface area contributed by atoms with Crippen molar-refractivity contribution >= 4 is 11.7 Å². The summed E-state index contributed by atoms with van der Waals surface area (Å²) < 4.78 is 4.90. The quantitative estimate of drug-likeness (QED) is 0.567. The molecule has 0 radical (unpaired) electrons. The van der Waals surface area contributed by atoms with E-state index >= 15 is 0 Å². The van der Waals surface area contributed by atoms with Crippen LogP contribution in [0.15, 0.2) is 24.3 Å². The molecule has 2 rings (SSSR count). The van der Waals surface area contributed by atoms with Gasteiger partial charge in [-0.3, -0.25) is 4.79 Å². The fourth-order valence-corrected chi connectivity index (χ4v) is 1.75. The minimum Gasteiger partial charge on any atom is -0.465 e. The zero-order valence-electron chi connectivity index (χ0n) is 7.90. The van der Waals surface area contributed by atoms with E-state index in [1.54, 1.807) is 0 Å². The number of nitrogen functional groups attached to an aromatic ring is 1. The number of esters is 1. The van der Waals surface area contributed by atoms with Crippen LogP contribution in [0.3, 0.4) is 0 Å². The molecule has 14 heavy (non-hydrogen) atoms. The van der Waals surface area contributed by atoms with Crippen molar-refractivity contribution in [2.45, 2.75) is 12.8 Å². The zero-order valence-corrected chi connectivity index (χ0v) is 7.90. The average Bonchev–Trinajstić information content (AvgIpc) is 2.51.